The molecule has 0 atom stereocenters. The van der Waals surface area contributed by atoms with Crippen molar-refractivity contribution in [3.63, 3.8) is 0 Å². The molecule has 5 heteroatoms. The van der Waals surface area contributed by atoms with Crippen LogP contribution in [-0.2, 0) is 13.6 Å². The molecule has 1 rings (SSSR count). The van der Waals surface area contributed by atoms with Gasteiger partial charge in [0.05, 0.1) is 13.2 Å². The second-order valence-electron chi connectivity index (χ2n) is 4.26. The van der Waals surface area contributed by atoms with Crippen molar-refractivity contribution in [2.24, 2.45) is 0 Å². The number of hydrogen-bond donors (Lipinski definition) is 1. The smallest absolute Gasteiger partial charge is 0.376 e. The Morgan fingerprint density at radius 1 is 1.24 bits per heavy atom. The maximum Gasteiger partial charge on any atom is 0.376 e. The first kappa shape index (κ1) is 14.7. The summed E-state index contributed by atoms with van der Waals surface area (Å²) in [7, 11) is -3.18. The fourth-order valence-electron chi connectivity index (χ4n) is 2.09. The number of nitrogens with one attached hydrogen (secondary N) is 1. The zero-order valence-corrected chi connectivity index (χ0v) is 11.8. The Hall–Kier alpha value is -0.310. The third kappa shape index (κ3) is 4.46. The van der Waals surface area contributed by atoms with Gasteiger partial charge in [-0.05, 0) is 26.7 Å². The molecular weight excluding hydrogens is 237 g/mol. The van der Waals surface area contributed by atoms with Gasteiger partial charge in [-0.3, -0.25) is 4.57 Å². The minimum atomic E-state index is -3.18. The van der Waals surface area contributed by atoms with Crippen LogP contribution < -0.4 is 5.32 Å². The summed E-state index contributed by atoms with van der Waals surface area (Å²) in [6.45, 7) is 8.17. The predicted octanol–water partition coefficient (Wildman–Crippen LogP) is 3.65. The van der Waals surface area contributed by atoms with Crippen molar-refractivity contribution in [1.29, 1.82) is 0 Å². The van der Waals surface area contributed by atoms with Gasteiger partial charge in [0, 0.05) is 6.04 Å². The molecule has 0 radical (unpaired) electrons. The zero-order chi connectivity index (χ0) is 12.7. The molecule has 0 unspecified atom stereocenters. The van der Waals surface area contributed by atoms with E-state index in [4.69, 9.17) is 9.05 Å². The highest BCUT2D eigenvalue weighted by atomic mass is 31.2. The fourth-order valence-corrected chi connectivity index (χ4v) is 3.50. The van der Waals surface area contributed by atoms with E-state index in [0.717, 1.165) is 12.8 Å². The summed E-state index contributed by atoms with van der Waals surface area (Å²) >= 11 is 0. The summed E-state index contributed by atoms with van der Waals surface area (Å²) in [4.78, 5) is 0. The predicted molar refractivity (Wildman–Crippen MR) is 70.0 cm³/mol. The van der Waals surface area contributed by atoms with Crippen LogP contribution in [0.5, 0.6) is 0 Å². The first-order valence-electron chi connectivity index (χ1n) is 6.47. The van der Waals surface area contributed by atoms with E-state index in [1.54, 1.807) is 13.8 Å². The van der Waals surface area contributed by atoms with Gasteiger partial charge in [-0.25, -0.2) is 0 Å². The van der Waals surface area contributed by atoms with Crippen LogP contribution in [0.2, 0.25) is 0 Å². The molecule has 0 aliphatic heterocycles. The van der Waals surface area contributed by atoms with E-state index in [-0.39, 0.29) is 0 Å². The second-order valence-corrected chi connectivity index (χ2v) is 6.31. The zero-order valence-electron chi connectivity index (χ0n) is 10.9. The van der Waals surface area contributed by atoms with E-state index in [9.17, 15) is 4.57 Å². The molecule has 0 aromatic carbocycles. The Balaban J connectivity index is 2.54. The maximum atomic E-state index is 12.4. The molecule has 100 valence electrons. The number of hydrogen-bond acceptors (Lipinski definition) is 4. The Bertz CT molecular complexity index is 277. The van der Waals surface area contributed by atoms with E-state index in [2.05, 4.69) is 11.9 Å². The quantitative estimate of drug-likeness (QED) is 0.711. The first-order chi connectivity index (χ1) is 8.12. The number of rotatable bonds is 7. The van der Waals surface area contributed by atoms with Crippen molar-refractivity contribution in [2.45, 2.75) is 52.0 Å². The molecule has 0 bridgehead atoms. The van der Waals surface area contributed by atoms with Gasteiger partial charge in [0.25, 0.3) is 0 Å². The standard InChI is InChI=1S/C12H24NO3P/c1-4-15-17(14,16-5-2)11(3)13-12-9-7-6-8-10-12/h12-13H,3-10H2,1-2H3. The summed E-state index contributed by atoms with van der Waals surface area (Å²) in [5.41, 5.74) is 0.410. The molecule has 0 spiro atoms. The molecule has 0 amide bonds. The third-order valence-electron chi connectivity index (χ3n) is 2.90. The third-order valence-corrected chi connectivity index (χ3v) is 4.89. The van der Waals surface area contributed by atoms with Crippen LogP contribution in [-0.4, -0.2) is 19.3 Å². The molecule has 0 saturated heterocycles. The lowest BCUT2D eigenvalue weighted by molar-refractivity contribution is 0.223. The molecule has 1 fully saturated rings. The average Bonchev–Trinajstić information content (AvgIpc) is 2.31. The highest BCUT2D eigenvalue weighted by Gasteiger charge is 2.29. The van der Waals surface area contributed by atoms with Crippen molar-refractivity contribution < 1.29 is 13.6 Å². The summed E-state index contributed by atoms with van der Waals surface area (Å²) in [5.74, 6) is 0. The lowest BCUT2D eigenvalue weighted by atomic mass is 9.96. The summed E-state index contributed by atoms with van der Waals surface area (Å²) in [6.07, 6.45) is 5.95. The van der Waals surface area contributed by atoms with Crippen molar-refractivity contribution in [3.05, 3.63) is 12.0 Å². The highest BCUT2D eigenvalue weighted by molar-refractivity contribution is 7.58. The van der Waals surface area contributed by atoms with Crippen molar-refractivity contribution in [3.8, 4) is 0 Å². The van der Waals surface area contributed by atoms with Gasteiger partial charge in [-0.1, -0.05) is 25.8 Å². The van der Waals surface area contributed by atoms with Crippen LogP contribution in [0, 0.1) is 0 Å². The van der Waals surface area contributed by atoms with Crippen LogP contribution in [0.15, 0.2) is 12.0 Å². The first-order valence-corrected chi connectivity index (χ1v) is 8.01. The molecule has 0 aromatic rings. The van der Waals surface area contributed by atoms with E-state index in [1.165, 1.54) is 19.3 Å². The monoisotopic (exact) mass is 261 g/mol. The summed E-state index contributed by atoms with van der Waals surface area (Å²) in [6, 6.07) is 0.366. The average molecular weight is 261 g/mol. The molecule has 0 aromatic heterocycles. The minimum absolute atomic E-state index is 0.364. The molecule has 1 aliphatic rings. The van der Waals surface area contributed by atoms with Crippen molar-refractivity contribution >= 4 is 7.60 Å². The van der Waals surface area contributed by atoms with Crippen molar-refractivity contribution in [2.75, 3.05) is 13.2 Å². The largest absolute Gasteiger partial charge is 0.376 e. The van der Waals surface area contributed by atoms with Gasteiger partial charge >= 0.3 is 7.60 Å². The van der Waals surface area contributed by atoms with E-state index < -0.39 is 7.60 Å². The Kier molecular flexibility index (Phi) is 6.24. The minimum Gasteiger partial charge on any atom is -0.376 e. The van der Waals surface area contributed by atoms with Crippen LogP contribution in [0.25, 0.3) is 0 Å². The Morgan fingerprint density at radius 3 is 2.24 bits per heavy atom. The van der Waals surface area contributed by atoms with Crippen LogP contribution in [0.1, 0.15) is 46.0 Å². The van der Waals surface area contributed by atoms with Gasteiger partial charge in [-0.2, -0.15) is 0 Å². The second kappa shape index (κ2) is 7.20. The topological polar surface area (TPSA) is 47.6 Å². The van der Waals surface area contributed by atoms with Crippen LogP contribution in [0.3, 0.4) is 0 Å². The van der Waals surface area contributed by atoms with E-state index >= 15 is 0 Å². The fraction of sp³-hybridized carbons (Fsp3) is 0.833. The van der Waals surface area contributed by atoms with Crippen molar-refractivity contribution in [1.82, 2.24) is 5.32 Å². The molecule has 0 heterocycles. The van der Waals surface area contributed by atoms with Gasteiger partial charge in [0.2, 0.25) is 0 Å². The van der Waals surface area contributed by atoms with Crippen LogP contribution >= 0.6 is 7.60 Å². The van der Waals surface area contributed by atoms with E-state index in [0.29, 0.717) is 24.7 Å². The van der Waals surface area contributed by atoms with E-state index in [1.807, 2.05) is 0 Å². The SMILES string of the molecule is C=C(NC1CCCCC1)P(=O)(OCC)OCC. The van der Waals surface area contributed by atoms with Crippen LogP contribution in [0.4, 0.5) is 0 Å². The molecule has 4 nitrogen and oxygen atoms in total. The maximum absolute atomic E-state index is 12.4. The molecule has 1 N–H and O–H groups in total. The molecular formula is C12H24NO3P. The Morgan fingerprint density at radius 2 is 1.76 bits per heavy atom. The van der Waals surface area contributed by atoms with Gasteiger partial charge in [0.1, 0.15) is 5.44 Å². The molecule has 17 heavy (non-hydrogen) atoms. The lowest BCUT2D eigenvalue weighted by Gasteiger charge is -2.27. The molecule has 1 aliphatic carbocycles. The summed E-state index contributed by atoms with van der Waals surface area (Å²) < 4.78 is 22.9. The lowest BCUT2D eigenvalue weighted by Crippen LogP contribution is -2.30. The molecule has 1 saturated carbocycles. The highest BCUT2D eigenvalue weighted by Crippen LogP contribution is 2.54. The van der Waals surface area contributed by atoms with Gasteiger partial charge in [-0.15, -0.1) is 0 Å². The Labute approximate surface area is 104 Å². The normalized spacial score (nSPS) is 18.0. The summed E-state index contributed by atoms with van der Waals surface area (Å²) in [5, 5.41) is 3.22. The van der Waals surface area contributed by atoms with Gasteiger partial charge < -0.3 is 14.4 Å². The van der Waals surface area contributed by atoms with Gasteiger partial charge in [0.15, 0.2) is 0 Å².